The van der Waals surface area contributed by atoms with Crippen molar-refractivity contribution >= 4 is 0 Å². The zero-order chi connectivity index (χ0) is 7.98. The van der Waals surface area contributed by atoms with Gasteiger partial charge in [0.2, 0.25) is 0 Å². The topological polar surface area (TPSA) is 56.0 Å². The highest BCUT2D eigenvalue weighted by molar-refractivity contribution is 4.76. The fraction of sp³-hybridized carbons (Fsp3) is 0.857. The summed E-state index contributed by atoms with van der Waals surface area (Å²) in [4.78, 5) is 0. The molecule has 0 bridgehead atoms. The normalized spacial score (nSPS) is 15.8. The number of aliphatic hydroxyl groups is 1. The number of aliphatic hydroxyl groups excluding tert-OH is 1. The quantitative estimate of drug-likeness (QED) is 0.553. The molecule has 2 N–H and O–H groups in total. The lowest BCUT2D eigenvalue weighted by Crippen LogP contribution is -2.29. The van der Waals surface area contributed by atoms with Crippen LogP contribution in [0.4, 0.5) is 0 Å². The lowest BCUT2D eigenvalue weighted by atomic mass is 10.1. The van der Waals surface area contributed by atoms with E-state index in [0.29, 0.717) is 13.0 Å². The van der Waals surface area contributed by atoms with Gasteiger partial charge in [-0.2, -0.15) is 5.26 Å². The number of nitrogens with one attached hydrogen (secondary N) is 1. The average Bonchev–Trinajstić information content (AvgIpc) is 1.82. The molecule has 0 aromatic rings. The van der Waals surface area contributed by atoms with E-state index in [1.165, 1.54) is 0 Å². The van der Waals surface area contributed by atoms with Gasteiger partial charge < -0.3 is 10.4 Å². The third-order valence-electron chi connectivity index (χ3n) is 1.22. The van der Waals surface area contributed by atoms with E-state index in [2.05, 4.69) is 5.32 Å². The van der Waals surface area contributed by atoms with Crippen LogP contribution >= 0.6 is 0 Å². The van der Waals surface area contributed by atoms with Gasteiger partial charge in [0.25, 0.3) is 0 Å². The summed E-state index contributed by atoms with van der Waals surface area (Å²) in [5.74, 6) is 0. The van der Waals surface area contributed by atoms with Gasteiger partial charge in [0.05, 0.1) is 18.7 Å². The number of nitrogens with zero attached hydrogens (tertiary/aromatic N) is 1. The second-order valence-electron chi connectivity index (χ2n) is 2.52. The molecule has 3 heteroatoms. The molecule has 0 aliphatic heterocycles. The predicted octanol–water partition coefficient (Wildman–Crippen LogP) is 0.259. The number of hydrogen-bond acceptors (Lipinski definition) is 3. The molecule has 0 aromatic carbocycles. The Morgan fingerprint density at radius 2 is 2.20 bits per heavy atom. The van der Waals surface area contributed by atoms with Crippen molar-refractivity contribution in [3.05, 3.63) is 0 Å². The van der Waals surface area contributed by atoms with Crippen molar-refractivity contribution in [3.63, 3.8) is 0 Å². The fourth-order valence-electron chi connectivity index (χ4n) is 0.815. The van der Waals surface area contributed by atoms with Crippen LogP contribution in [0.5, 0.6) is 0 Å². The Morgan fingerprint density at radius 3 is 2.60 bits per heavy atom. The molecule has 58 valence electrons. The molecule has 0 aliphatic rings. The summed E-state index contributed by atoms with van der Waals surface area (Å²) < 4.78 is 0. The van der Waals surface area contributed by atoms with Gasteiger partial charge in [-0.15, -0.1) is 0 Å². The SMILES string of the molecule is CC(O)CC(C)NCC#N. The molecule has 0 aliphatic carbocycles. The van der Waals surface area contributed by atoms with E-state index < -0.39 is 0 Å². The number of nitriles is 1. The molecule has 0 radical (unpaired) electrons. The van der Waals surface area contributed by atoms with E-state index in [0.717, 1.165) is 0 Å². The largest absolute Gasteiger partial charge is 0.393 e. The van der Waals surface area contributed by atoms with Crippen LogP contribution in [0, 0.1) is 11.3 Å². The second kappa shape index (κ2) is 5.21. The Kier molecular flexibility index (Phi) is 4.91. The van der Waals surface area contributed by atoms with Gasteiger partial charge in [0, 0.05) is 6.04 Å². The minimum atomic E-state index is -0.291. The van der Waals surface area contributed by atoms with Gasteiger partial charge in [0.1, 0.15) is 0 Å². The second-order valence-corrected chi connectivity index (χ2v) is 2.52. The van der Waals surface area contributed by atoms with Crippen molar-refractivity contribution in [2.75, 3.05) is 6.54 Å². The lowest BCUT2D eigenvalue weighted by molar-refractivity contribution is 0.171. The summed E-state index contributed by atoms with van der Waals surface area (Å²) in [5.41, 5.74) is 0. The highest BCUT2D eigenvalue weighted by Crippen LogP contribution is 1.94. The molecule has 0 saturated carbocycles. The molecule has 0 heterocycles. The van der Waals surface area contributed by atoms with Crippen LogP contribution < -0.4 is 5.32 Å². The third-order valence-corrected chi connectivity index (χ3v) is 1.22. The zero-order valence-electron chi connectivity index (χ0n) is 6.46. The first-order valence-electron chi connectivity index (χ1n) is 3.45. The van der Waals surface area contributed by atoms with Gasteiger partial charge >= 0.3 is 0 Å². The van der Waals surface area contributed by atoms with E-state index in [9.17, 15) is 0 Å². The summed E-state index contributed by atoms with van der Waals surface area (Å²) in [6.07, 6.45) is 0.406. The minimum Gasteiger partial charge on any atom is -0.393 e. The number of hydrogen-bond donors (Lipinski definition) is 2. The van der Waals surface area contributed by atoms with E-state index in [-0.39, 0.29) is 12.1 Å². The predicted molar refractivity (Wildman–Crippen MR) is 39.4 cm³/mol. The summed E-state index contributed by atoms with van der Waals surface area (Å²) in [7, 11) is 0. The van der Waals surface area contributed by atoms with Crippen LogP contribution in [0.15, 0.2) is 0 Å². The van der Waals surface area contributed by atoms with Crippen molar-refractivity contribution in [1.82, 2.24) is 5.32 Å². The first-order chi connectivity index (χ1) is 4.66. The van der Waals surface area contributed by atoms with Crippen molar-refractivity contribution in [1.29, 1.82) is 5.26 Å². The molecule has 0 fully saturated rings. The average molecular weight is 142 g/mol. The van der Waals surface area contributed by atoms with Crippen molar-refractivity contribution < 1.29 is 5.11 Å². The molecule has 2 atom stereocenters. The van der Waals surface area contributed by atoms with Crippen molar-refractivity contribution in [2.24, 2.45) is 0 Å². The van der Waals surface area contributed by atoms with Crippen LogP contribution in [-0.2, 0) is 0 Å². The summed E-state index contributed by atoms with van der Waals surface area (Å²) in [6.45, 7) is 4.04. The Hall–Kier alpha value is -0.590. The Balaban J connectivity index is 3.27. The molecule has 0 rings (SSSR count). The van der Waals surface area contributed by atoms with Gasteiger partial charge in [-0.25, -0.2) is 0 Å². The van der Waals surface area contributed by atoms with Crippen molar-refractivity contribution in [3.8, 4) is 6.07 Å². The molecule has 3 nitrogen and oxygen atoms in total. The molecule has 0 spiro atoms. The molecule has 2 unspecified atom stereocenters. The van der Waals surface area contributed by atoms with Gasteiger partial charge in [0.15, 0.2) is 0 Å². The Bertz CT molecular complexity index is 117. The summed E-state index contributed by atoms with van der Waals surface area (Å²) >= 11 is 0. The fourth-order valence-corrected chi connectivity index (χ4v) is 0.815. The molecule has 10 heavy (non-hydrogen) atoms. The smallest absolute Gasteiger partial charge is 0.0843 e. The van der Waals surface area contributed by atoms with Gasteiger partial charge in [-0.3, -0.25) is 0 Å². The van der Waals surface area contributed by atoms with Crippen LogP contribution in [0.25, 0.3) is 0 Å². The van der Waals surface area contributed by atoms with Crippen LogP contribution in [0.2, 0.25) is 0 Å². The monoisotopic (exact) mass is 142 g/mol. The molecule has 0 aromatic heterocycles. The van der Waals surface area contributed by atoms with E-state index >= 15 is 0 Å². The van der Waals surface area contributed by atoms with Gasteiger partial charge in [-0.1, -0.05) is 0 Å². The summed E-state index contributed by atoms with van der Waals surface area (Å²) in [5, 5.41) is 20.0. The van der Waals surface area contributed by atoms with E-state index in [1.54, 1.807) is 6.92 Å². The number of rotatable bonds is 4. The summed E-state index contributed by atoms with van der Waals surface area (Å²) in [6, 6.07) is 2.20. The zero-order valence-corrected chi connectivity index (χ0v) is 6.46. The first-order valence-corrected chi connectivity index (χ1v) is 3.45. The molecular weight excluding hydrogens is 128 g/mol. The minimum absolute atomic E-state index is 0.222. The standard InChI is InChI=1S/C7H14N2O/c1-6(5-7(2)10)9-4-3-8/h6-7,9-10H,4-5H2,1-2H3. The Labute approximate surface area is 61.7 Å². The highest BCUT2D eigenvalue weighted by atomic mass is 16.3. The maximum absolute atomic E-state index is 8.90. The van der Waals surface area contributed by atoms with E-state index in [4.69, 9.17) is 10.4 Å². The maximum atomic E-state index is 8.90. The van der Waals surface area contributed by atoms with Crippen LogP contribution in [-0.4, -0.2) is 23.8 Å². The third kappa shape index (κ3) is 5.54. The van der Waals surface area contributed by atoms with Crippen LogP contribution in [0.1, 0.15) is 20.3 Å². The highest BCUT2D eigenvalue weighted by Gasteiger charge is 2.03. The lowest BCUT2D eigenvalue weighted by Gasteiger charge is -2.12. The molecule has 0 amide bonds. The van der Waals surface area contributed by atoms with Crippen LogP contribution in [0.3, 0.4) is 0 Å². The molecular formula is C7H14N2O. The Morgan fingerprint density at radius 1 is 1.60 bits per heavy atom. The van der Waals surface area contributed by atoms with Crippen molar-refractivity contribution in [2.45, 2.75) is 32.4 Å². The molecule has 0 saturated heterocycles. The first kappa shape index (κ1) is 9.41. The van der Waals surface area contributed by atoms with E-state index in [1.807, 2.05) is 13.0 Å². The van der Waals surface area contributed by atoms with Gasteiger partial charge in [-0.05, 0) is 20.3 Å². The maximum Gasteiger partial charge on any atom is 0.0843 e.